The van der Waals surface area contributed by atoms with Gasteiger partial charge in [-0.3, -0.25) is 14.5 Å². The number of rotatable bonds is 4. The molecule has 6 nitrogen and oxygen atoms in total. The van der Waals surface area contributed by atoms with Crippen LogP contribution in [0.1, 0.15) is 28.4 Å². The molecule has 2 amide bonds. The van der Waals surface area contributed by atoms with Crippen LogP contribution in [0.15, 0.2) is 60.8 Å². The molecule has 1 aliphatic rings. The molecule has 0 saturated carbocycles. The molecule has 2 heterocycles. The molecule has 158 valence electrons. The first kappa shape index (κ1) is 20.6. The number of fused-ring (bicyclic) bond motifs is 1. The number of amides is 2. The number of para-hydroxylation sites is 1. The summed E-state index contributed by atoms with van der Waals surface area (Å²) in [6.07, 6.45) is 1.83. The van der Waals surface area contributed by atoms with E-state index < -0.39 is 6.04 Å². The molecule has 31 heavy (non-hydrogen) atoms. The molecular formula is C25H26N3O3+. The molecule has 1 atom stereocenters. The topological polar surface area (TPSA) is 62.5 Å². The zero-order valence-corrected chi connectivity index (χ0v) is 18.2. The number of hydrogen-bond acceptors (Lipinski definition) is 3. The predicted octanol–water partition coefficient (Wildman–Crippen LogP) is 3.63. The summed E-state index contributed by atoms with van der Waals surface area (Å²) in [6, 6.07) is 16.3. The summed E-state index contributed by atoms with van der Waals surface area (Å²) in [7, 11) is 1.57. The molecule has 0 spiro atoms. The SMILES string of the molecule is COc1ccc(C)cc1N1C(=O)C[n+]2ccccc2C1C(=O)Nc1c(C)cccc1C. The lowest BCUT2D eigenvalue weighted by Crippen LogP contribution is -2.58. The Balaban J connectivity index is 1.85. The molecule has 1 unspecified atom stereocenters. The minimum absolute atomic E-state index is 0.153. The number of nitrogens with zero attached hydrogens (tertiary/aromatic N) is 2. The second-order valence-electron chi connectivity index (χ2n) is 7.85. The Kier molecular flexibility index (Phi) is 5.46. The molecule has 6 heteroatoms. The van der Waals surface area contributed by atoms with Crippen LogP contribution in [0.5, 0.6) is 5.75 Å². The lowest BCUT2D eigenvalue weighted by molar-refractivity contribution is -0.695. The third kappa shape index (κ3) is 3.77. The van der Waals surface area contributed by atoms with Gasteiger partial charge in [-0.2, -0.15) is 4.57 Å². The van der Waals surface area contributed by atoms with E-state index in [-0.39, 0.29) is 18.4 Å². The zero-order valence-electron chi connectivity index (χ0n) is 18.2. The second kappa shape index (κ2) is 8.22. The van der Waals surface area contributed by atoms with E-state index in [1.165, 1.54) is 0 Å². The van der Waals surface area contributed by atoms with Crippen LogP contribution in [0.4, 0.5) is 11.4 Å². The van der Waals surface area contributed by atoms with Gasteiger partial charge in [0.05, 0.1) is 12.8 Å². The van der Waals surface area contributed by atoms with Crippen LogP contribution in [-0.2, 0) is 16.1 Å². The maximum Gasteiger partial charge on any atom is 0.294 e. The van der Waals surface area contributed by atoms with Crippen LogP contribution >= 0.6 is 0 Å². The maximum atomic E-state index is 13.7. The molecule has 0 radical (unpaired) electrons. The minimum Gasteiger partial charge on any atom is -0.495 e. The van der Waals surface area contributed by atoms with Crippen molar-refractivity contribution >= 4 is 23.2 Å². The van der Waals surface area contributed by atoms with Crippen molar-refractivity contribution in [1.29, 1.82) is 0 Å². The molecule has 2 aromatic carbocycles. The third-order valence-electron chi connectivity index (χ3n) is 5.66. The summed E-state index contributed by atoms with van der Waals surface area (Å²) in [6.45, 7) is 6.02. The average molecular weight is 417 g/mol. The Bertz CT molecular complexity index is 1150. The summed E-state index contributed by atoms with van der Waals surface area (Å²) in [5.74, 6) is 0.108. The molecular weight excluding hydrogens is 390 g/mol. The largest absolute Gasteiger partial charge is 0.495 e. The smallest absolute Gasteiger partial charge is 0.294 e. The first-order chi connectivity index (χ1) is 14.9. The first-order valence-electron chi connectivity index (χ1n) is 10.2. The van der Waals surface area contributed by atoms with Gasteiger partial charge in [0.15, 0.2) is 6.20 Å². The first-order valence-corrected chi connectivity index (χ1v) is 10.2. The van der Waals surface area contributed by atoms with Crippen molar-refractivity contribution in [3.05, 3.63) is 83.2 Å². The van der Waals surface area contributed by atoms with Crippen molar-refractivity contribution in [2.75, 3.05) is 17.3 Å². The molecule has 0 fully saturated rings. The lowest BCUT2D eigenvalue weighted by atomic mass is 10.0. The Hall–Kier alpha value is -3.67. The van der Waals surface area contributed by atoms with E-state index in [0.717, 1.165) is 28.1 Å². The zero-order chi connectivity index (χ0) is 22.1. The van der Waals surface area contributed by atoms with Crippen molar-refractivity contribution in [3.8, 4) is 5.75 Å². The van der Waals surface area contributed by atoms with Crippen molar-refractivity contribution < 1.29 is 18.9 Å². The molecule has 3 aromatic rings. The summed E-state index contributed by atoms with van der Waals surface area (Å²) in [5, 5.41) is 3.07. The fourth-order valence-corrected chi connectivity index (χ4v) is 4.10. The molecule has 0 bridgehead atoms. The minimum atomic E-state index is -0.836. The number of carbonyl (C=O) groups is 2. The van der Waals surface area contributed by atoms with Gasteiger partial charge in [0, 0.05) is 17.8 Å². The highest BCUT2D eigenvalue weighted by molar-refractivity contribution is 6.06. The van der Waals surface area contributed by atoms with E-state index in [0.29, 0.717) is 11.4 Å². The van der Waals surface area contributed by atoms with Crippen molar-refractivity contribution in [2.45, 2.75) is 33.4 Å². The second-order valence-corrected chi connectivity index (χ2v) is 7.85. The van der Waals surface area contributed by atoms with Crippen molar-refractivity contribution in [3.63, 3.8) is 0 Å². The standard InChI is InChI=1S/C25H25N3O3/c1-16-11-12-21(31-4)20(14-16)28-22(29)15-27-13-6-5-10-19(27)24(28)25(30)26-23-17(2)8-7-9-18(23)3/h5-14,24H,15H2,1-4H3/p+1. The quantitative estimate of drug-likeness (QED) is 0.661. The highest BCUT2D eigenvalue weighted by Crippen LogP contribution is 2.37. The van der Waals surface area contributed by atoms with Crippen LogP contribution < -0.4 is 19.5 Å². The fraction of sp³-hybridized carbons (Fsp3) is 0.240. The fourth-order valence-electron chi connectivity index (χ4n) is 4.10. The highest BCUT2D eigenvalue weighted by Gasteiger charge is 2.44. The van der Waals surface area contributed by atoms with Gasteiger partial charge in [-0.25, -0.2) is 0 Å². The summed E-state index contributed by atoms with van der Waals surface area (Å²) >= 11 is 0. The van der Waals surface area contributed by atoms with Crippen LogP contribution in [0.3, 0.4) is 0 Å². The van der Waals surface area contributed by atoms with Gasteiger partial charge >= 0.3 is 0 Å². The number of aromatic nitrogens is 1. The van der Waals surface area contributed by atoms with Crippen molar-refractivity contribution in [2.24, 2.45) is 0 Å². The van der Waals surface area contributed by atoms with Gasteiger partial charge in [-0.1, -0.05) is 30.3 Å². The van der Waals surface area contributed by atoms with Crippen molar-refractivity contribution in [1.82, 2.24) is 0 Å². The van der Waals surface area contributed by atoms with Crippen LogP contribution in [0.25, 0.3) is 0 Å². The van der Waals surface area contributed by atoms with Gasteiger partial charge in [0.2, 0.25) is 18.3 Å². The number of methoxy groups -OCH3 is 1. The average Bonchev–Trinajstić information content (AvgIpc) is 2.75. The summed E-state index contributed by atoms with van der Waals surface area (Å²) in [5.41, 5.74) is 5.01. The van der Waals surface area contributed by atoms with Gasteiger partial charge in [-0.05, 0) is 49.6 Å². The predicted molar refractivity (Wildman–Crippen MR) is 119 cm³/mol. The number of nitrogens with one attached hydrogen (secondary N) is 1. The Labute approximate surface area is 182 Å². The molecule has 1 aromatic heterocycles. The van der Waals surface area contributed by atoms with Crippen LogP contribution in [-0.4, -0.2) is 18.9 Å². The number of carbonyl (C=O) groups excluding carboxylic acids is 2. The number of hydrogen-bond donors (Lipinski definition) is 1. The Morgan fingerprint density at radius 1 is 1.06 bits per heavy atom. The number of benzene rings is 2. The number of ether oxygens (including phenoxy) is 1. The number of anilines is 2. The molecule has 0 saturated heterocycles. The molecule has 0 aliphatic carbocycles. The third-order valence-corrected chi connectivity index (χ3v) is 5.66. The number of pyridine rings is 1. The Morgan fingerprint density at radius 2 is 1.81 bits per heavy atom. The van der Waals surface area contributed by atoms with Gasteiger partial charge in [-0.15, -0.1) is 0 Å². The Morgan fingerprint density at radius 3 is 2.52 bits per heavy atom. The van der Waals surface area contributed by atoms with Crippen LogP contribution in [0, 0.1) is 20.8 Å². The van der Waals surface area contributed by atoms with Gasteiger partial charge < -0.3 is 10.1 Å². The normalized spacial score (nSPS) is 15.4. The van der Waals surface area contributed by atoms with E-state index in [2.05, 4.69) is 5.32 Å². The van der Waals surface area contributed by atoms with E-state index in [1.807, 2.05) is 86.1 Å². The molecule has 4 rings (SSSR count). The molecule has 1 aliphatic heterocycles. The van der Waals surface area contributed by atoms with Crippen LogP contribution in [0.2, 0.25) is 0 Å². The summed E-state index contributed by atoms with van der Waals surface area (Å²) < 4.78 is 7.37. The molecule has 1 N–H and O–H groups in total. The number of aryl methyl sites for hydroxylation is 3. The maximum absolute atomic E-state index is 13.7. The highest BCUT2D eigenvalue weighted by atomic mass is 16.5. The van der Waals surface area contributed by atoms with E-state index >= 15 is 0 Å². The summed E-state index contributed by atoms with van der Waals surface area (Å²) in [4.78, 5) is 28.6. The van der Waals surface area contributed by atoms with E-state index in [4.69, 9.17) is 4.74 Å². The monoisotopic (exact) mass is 416 g/mol. The lowest BCUT2D eigenvalue weighted by Gasteiger charge is -2.33. The van der Waals surface area contributed by atoms with Gasteiger partial charge in [0.1, 0.15) is 5.75 Å². The van der Waals surface area contributed by atoms with E-state index in [9.17, 15) is 9.59 Å². The van der Waals surface area contributed by atoms with Gasteiger partial charge in [0.25, 0.3) is 11.8 Å². The van der Waals surface area contributed by atoms with E-state index in [1.54, 1.807) is 12.0 Å².